The molecule has 0 aromatic carbocycles. The number of methoxy groups -OCH3 is 1. The van der Waals surface area contributed by atoms with Crippen LogP contribution in [-0.2, 0) is 16.1 Å². The van der Waals surface area contributed by atoms with Crippen LogP contribution in [0.15, 0.2) is 15.9 Å². The second kappa shape index (κ2) is 6.50. The molecule has 0 amide bonds. The number of hydrogen-bond acceptors (Lipinski definition) is 4. The van der Waals surface area contributed by atoms with Crippen LogP contribution >= 0.6 is 27.3 Å². The molecule has 0 aliphatic rings. The summed E-state index contributed by atoms with van der Waals surface area (Å²) in [5.41, 5.74) is 2.86. The van der Waals surface area contributed by atoms with Crippen LogP contribution in [0.3, 0.4) is 0 Å². The third-order valence-electron chi connectivity index (χ3n) is 1.42. The van der Waals surface area contributed by atoms with Crippen molar-refractivity contribution in [3.8, 4) is 0 Å². The van der Waals surface area contributed by atoms with Crippen molar-refractivity contribution in [3.63, 3.8) is 0 Å². The summed E-state index contributed by atoms with van der Waals surface area (Å²) in [5, 5.41) is 2.04. The Bertz CT molecular complexity index is 242. The first-order valence-electron chi connectivity index (χ1n) is 3.90. The zero-order valence-electron chi connectivity index (χ0n) is 7.38. The van der Waals surface area contributed by atoms with Crippen molar-refractivity contribution in [2.45, 2.75) is 6.54 Å². The van der Waals surface area contributed by atoms with Gasteiger partial charge in [-0.3, -0.25) is 4.84 Å². The van der Waals surface area contributed by atoms with Gasteiger partial charge in [-0.2, -0.15) is 5.48 Å². The van der Waals surface area contributed by atoms with Gasteiger partial charge in [-0.05, 0) is 27.4 Å². The molecule has 0 bridgehead atoms. The van der Waals surface area contributed by atoms with Crippen molar-refractivity contribution >= 4 is 27.3 Å². The van der Waals surface area contributed by atoms with E-state index in [4.69, 9.17) is 9.57 Å². The highest BCUT2D eigenvalue weighted by Crippen LogP contribution is 2.21. The summed E-state index contributed by atoms with van der Waals surface area (Å²) in [5.74, 6) is 0. The lowest BCUT2D eigenvalue weighted by molar-refractivity contribution is 0.00380. The number of halogens is 1. The van der Waals surface area contributed by atoms with E-state index < -0.39 is 0 Å². The minimum Gasteiger partial charge on any atom is -0.382 e. The van der Waals surface area contributed by atoms with Gasteiger partial charge in [-0.15, -0.1) is 11.3 Å². The maximum atomic E-state index is 5.11. The third kappa shape index (κ3) is 4.19. The molecule has 0 spiro atoms. The Morgan fingerprint density at radius 1 is 1.54 bits per heavy atom. The van der Waals surface area contributed by atoms with Crippen molar-refractivity contribution in [2.75, 3.05) is 20.3 Å². The first-order chi connectivity index (χ1) is 6.34. The normalized spacial score (nSPS) is 10.6. The summed E-state index contributed by atoms with van der Waals surface area (Å²) < 4.78 is 5.96. The van der Waals surface area contributed by atoms with Crippen LogP contribution in [0.4, 0.5) is 0 Å². The average molecular weight is 266 g/mol. The molecule has 1 N–H and O–H groups in total. The largest absolute Gasteiger partial charge is 0.382 e. The highest BCUT2D eigenvalue weighted by atomic mass is 79.9. The highest BCUT2D eigenvalue weighted by molar-refractivity contribution is 9.10. The Labute approximate surface area is 90.1 Å². The molecule has 13 heavy (non-hydrogen) atoms. The molecular weight excluding hydrogens is 254 g/mol. The quantitative estimate of drug-likeness (QED) is 0.632. The average Bonchev–Trinajstić information content (AvgIpc) is 2.52. The summed E-state index contributed by atoms with van der Waals surface area (Å²) in [6.45, 7) is 1.90. The first-order valence-corrected chi connectivity index (χ1v) is 5.57. The van der Waals surface area contributed by atoms with Crippen molar-refractivity contribution in [2.24, 2.45) is 0 Å². The van der Waals surface area contributed by atoms with Crippen LogP contribution in [0.25, 0.3) is 0 Å². The second-order valence-electron chi connectivity index (χ2n) is 2.35. The van der Waals surface area contributed by atoms with E-state index in [2.05, 4.69) is 21.4 Å². The third-order valence-corrected chi connectivity index (χ3v) is 3.34. The van der Waals surface area contributed by atoms with Crippen LogP contribution < -0.4 is 5.48 Å². The number of nitrogens with one attached hydrogen (secondary N) is 1. The minimum absolute atomic E-state index is 0.569. The van der Waals surface area contributed by atoms with E-state index in [-0.39, 0.29) is 0 Å². The fourth-order valence-electron chi connectivity index (χ4n) is 0.765. The van der Waals surface area contributed by atoms with Gasteiger partial charge in [0, 0.05) is 16.5 Å². The molecule has 0 saturated heterocycles. The molecule has 3 nitrogen and oxygen atoms in total. The molecule has 0 atom stereocenters. The highest BCUT2D eigenvalue weighted by Gasteiger charge is 1.99. The Balaban J connectivity index is 2.10. The van der Waals surface area contributed by atoms with Crippen molar-refractivity contribution in [1.29, 1.82) is 0 Å². The monoisotopic (exact) mass is 265 g/mol. The summed E-state index contributed by atoms with van der Waals surface area (Å²) >= 11 is 5.13. The van der Waals surface area contributed by atoms with E-state index in [1.807, 2.05) is 11.4 Å². The maximum absolute atomic E-state index is 5.11. The van der Waals surface area contributed by atoms with Crippen LogP contribution in [0, 0.1) is 0 Å². The van der Waals surface area contributed by atoms with Gasteiger partial charge in [-0.25, -0.2) is 0 Å². The Kier molecular flexibility index (Phi) is 5.57. The Hall–Kier alpha value is 0.0600. The second-order valence-corrected chi connectivity index (χ2v) is 4.21. The van der Waals surface area contributed by atoms with Gasteiger partial charge in [0.15, 0.2) is 0 Å². The smallest absolute Gasteiger partial charge is 0.0916 e. The lowest BCUT2D eigenvalue weighted by Gasteiger charge is -2.03. The molecule has 0 fully saturated rings. The van der Waals surface area contributed by atoms with Gasteiger partial charge in [0.25, 0.3) is 0 Å². The van der Waals surface area contributed by atoms with Gasteiger partial charge < -0.3 is 4.74 Å². The molecule has 0 saturated carbocycles. The number of hydroxylamine groups is 1. The number of rotatable bonds is 6. The maximum Gasteiger partial charge on any atom is 0.0916 e. The van der Waals surface area contributed by atoms with E-state index >= 15 is 0 Å². The fourth-order valence-corrected chi connectivity index (χ4v) is 2.18. The molecule has 5 heteroatoms. The van der Waals surface area contributed by atoms with Crippen molar-refractivity contribution in [1.82, 2.24) is 5.48 Å². The number of hydrogen-bond donors (Lipinski definition) is 1. The molecule has 1 aromatic heterocycles. The lowest BCUT2D eigenvalue weighted by Crippen LogP contribution is -2.16. The minimum atomic E-state index is 0.569. The van der Waals surface area contributed by atoms with Gasteiger partial charge in [0.1, 0.15) is 0 Å². The summed E-state index contributed by atoms with van der Waals surface area (Å²) in [6, 6.07) is 2.02. The predicted molar refractivity (Wildman–Crippen MR) is 56.7 cm³/mol. The first kappa shape index (κ1) is 11.1. The molecule has 0 radical (unpaired) electrons. The Morgan fingerprint density at radius 3 is 3.00 bits per heavy atom. The van der Waals surface area contributed by atoms with Gasteiger partial charge in [0.2, 0.25) is 0 Å². The lowest BCUT2D eigenvalue weighted by atomic mass is 10.5. The molecule has 1 rings (SSSR count). The van der Waals surface area contributed by atoms with Crippen molar-refractivity contribution in [3.05, 3.63) is 20.8 Å². The van der Waals surface area contributed by atoms with E-state index in [1.165, 1.54) is 4.88 Å². The molecule has 0 unspecified atom stereocenters. The van der Waals surface area contributed by atoms with E-state index in [1.54, 1.807) is 18.4 Å². The molecule has 1 heterocycles. The fraction of sp³-hybridized carbons (Fsp3) is 0.500. The standard InChI is InChI=1S/C8H12BrNO2S/c1-11-3-4-12-10-6-8-7(9)2-5-13-8/h2,5,10H,3-4,6H2,1H3. The van der Waals surface area contributed by atoms with Crippen LogP contribution in [0.1, 0.15) is 4.88 Å². The van der Waals surface area contributed by atoms with E-state index in [0.29, 0.717) is 13.2 Å². The van der Waals surface area contributed by atoms with Crippen LogP contribution in [-0.4, -0.2) is 20.3 Å². The van der Waals surface area contributed by atoms with Gasteiger partial charge in [0.05, 0.1) is 19.8 Å². The topological polar surface area (TPSA) is 30.5 Å². The SMILES string of the molecule is COCCONCc1sccc1Br. The van der Waals surface area contributed by atoms with Crippen LogP contribution in [0.2, 0.25) is 0 Å². The predicted octanol–water partition coefficient (Wildman–Crippen LogP) is 2.18. The molecule has 0 aliphatic carbocycles. The van der Waals surface area contributed by atoms with Gasteiger partial charge in [-0.1, -0.05) is 0 Å². The summed E-state index contributed by atoms with van der Waals surface area (Å²) in [7, 11) is 1.65. The molecular formula is C8H12BrNO2S. The number of ether oxygens (including phenoxy) is 1. The van der Waals surface area contributed by atoms with E-state index in [9.17, 15) is 0 Å². The zero-order valence-corrected chi connectivity index (χ0v) is 9.78. The Morgan fingerprint density at radius 2 is 2.38 bits per heavy atom. The summed E-state index contributed by atoms with van der Waals surface area (Å²) in [6.07, 6.45) is 0. The zero-order chi connectivity index (χ0) is 9.52. The van der Waals surface area contributed by atoms with E-state index in [0.717, 1.165) is 11.0 Å². The summed E-state index contributed by atoms with van der Waals surface area (Å²) in [4.78, 5) is 6.35. The number of thiophene rings is 1. The molecule has 0 aliphatic heterocycles. The van der Waals surface area contributed by atoms with Gasteiger partial charge >= 0.3 is 0 Å². The molecule has 74 valence electrons. The molecule has 1 aromatic rings. The van der Waals surface area contributed by atoms with Crippen LogP contribution in [0.5, 0.6) is 0 Å². The van der Waals surface area contributed by atoms with Crippen molar-refractivity contribution < 1.29 is 9.57 Å².